The van der Waals surface area contributed by atoms with Crippen molar-refractivity contribution in [3.63, 3.8) is 0 Å². The van der Waals surface area contributed by atoms with Gasteiger partial charge in [0, 0.05) is 28.6 Å². The second-order valence-corrected chi connectivity index (χ2v) is 6.96. The largest absolute Gasteiger partial charge is 0.456 e. The van der Waals surface area contributed by atoms with Gasteiger partial charge in [0.05, 0.1) is 6.42 Å². The van der Waals surface area contributed by atoms with E-state index in [0.717, 1.165) is 11.1 Å². The van der Waals surface area contributed by atoms with Crippen LogP contribution in [-0.2, 0) is 27.3 Å². The molecule has 0 bridgehead atoms. The maximum absolute atomic E-state index is 11.8. The molecule has 0 atom stereocenters. The highest BCUT2D eigenvalue weighted by Gasteiger charge is 2.12. The van der Waals surface area contributed by atoms with Gasteiger partial charge >= 0.3 is 5.97 Å². The molecule has 9 heteroatoms. The predicted octanol–water partition coefficient (Wildman–Crippen LogP) is 3.84. The third kappa shape index (κ3) is 6.58. The van der Waals surface area contributed by atoms with Gasteiger partial charge in [-0.2, -0.15) is 4.98 Å². The summed E-state index contributed by atoms with van der Waals surface area (Å²) in [4.78, 5) is 27.8. The fourth-order valence-electron chi connectivity index (χ4n) is 2.35. The number of ether oxygens (including phenoxy) is 1. The second kappa shape index (κ2) is 10.0. The first-order valence-corrected chi connectivity index (χ1v) is 9.50. The monoisotopic (exact) mass is 433 g/mol. The number of nitrogens with zero attached hydrogens (tertiary/aromatic N) is 2. The zero-order valence-electron chi connectivity index (χ0n) is 15.2. The van der Waals surface area contributed by atoms with Crippen LogP contribution in [0.15, 0.2) is 53.1 Å². The third-order valence-electron chi connectivity index (χ3n) is 3.88. The number of hydrogen-bond donors (Lipinski definition) is 1. The molecular formula is C20H17Cl2N3O4. The number of aryl methyl sites for hydroxylation is 1. The van der Waals surface area contributed by atoms with E-state index in [-0.39, 0.29) is 19.4 Å². The van der Waals surface area contributed by atoms with Gasteiger partial charge in [-0.25, -0.2) is 0 Å². The van der Waals surface area contributed by atoms with Crippen molar-refractivity contribution < 1.29 is 18.8 Å². The fourth-order valence-corrected chi connectivity index (χ4v) is 2.61. The highest BCUT2D eigenvalue weighted by Crippen LogP contribution is 2.19. The van der Waals surface area contributed by atoms with E-state index in [2.05, 4.69) is 15.5 Å². The molecule has 7 nitrogen and oxygen atoms in total. The van der Waals surface area contributed by atoms with E-state index in [1.165, 1.54) is 0 Å². The summed E-state index contributed by atoms with van der Waals surface area (Å²) < 4.78 is 10.1. The molecule has 3 aromatic rings. The number of benzene rings is 2. The zero-order valence-corrected chi connectivity index (χ0v) is 16.7. The van der Waals surface area contributed by atoms with Gasteiger partial charge in [0.15, 0.2) is 6.61 Å². The average molecular weight is 434 g/mol. The Morgan fingerprint density at radius 2 is 1.66 bits per heavy atom. The molecule has 0 aliphatic rings. The highest BCUT2D eigenvalue weighted by molar-refractivity contribution is 6.30. The van der Waals surface area contributed by atoms with Crippen molar-refractivity contribution in [3.05, 3.63) is 70.0 Å². The van der Waals surface area contributed by atoms with Gasteiger partial charge in [0.25, 0.3) is 5.91 Å². The molecule has 0 saturated heterocycles. The molecule has 1 N–H and O–H groups in total. The summed E-state index contributed by atoms with van der Waals surface area (Å²) >= 11 is 11.7. The number of rotatable bonds is 8. The molecule has 150 valence electrons. The van der Waals surface area contributed by atoms with Gasteiger partial charge in [-0.15, -0.1) is 0 Å². The van der Waals surface area contributed by atoms with Gasteiger partial charge in [-0.05, 0) is 42.0 Å². The lowest BCUT2D eigenvalue weighted by atomic mass is 10.2. The van der Waals surface area contributed by atoms with Crippen LogP contribution < -0.4 is 5.32 Å². The van der Waals surface area contributed by atoms with Crippen LogP contribution in [-0.4, -0.2) is 28.6 Å². The summed E-state index contributed by atoms with van der Waals surface area (Å²) in [7, 11) is 0. The summed E-state index contributed by atoms with van der Waals surface area (Å²) in [6.07, 6.45) is 0.235. The summed E-state index contributed by atoms with van der Waals surface area (Å²) in [6.45, 7) is -0.0324. The Bertz CT molecular complexity index is 972. The highest BCUT2D eigenvalue weighted by atomic mass is 35.5. The van der Waals surface area contributed by atoms with Crippen LogP contribution in [0.5, 0.6) is 0 Å². The predicted molar refractivity (Wildman–Crippen MR) is 107 cm³/mol. The van der Waals surface area contributed by atoms with Gasteiger partial charge in [0.1, 0.15) is 0 Å². The number of hydrogen-bond acceptors (Lipinski definition) is 6. The SMILES string of the molecule is O=C(COC(=O)CCc1nc(-c2ccc(Cl)cc2)no1)NCc1ccc(Cl)cc1. The van der Waals surface area contributed by atoms with Crippen molar-refractivity contribution in [1.82, 2.24) is 15.5 Å². The van der Waals surface area contributed by atoms with E-state index < -0.39 is 11.9 Å². The van der Waals surface area contributed by atoms with Crippen LogP contribution in [0.1, 0.15) is 17.9 Å². The Balaban J connectivity index is 1.38. The van der Waals surface area contributed by atoms with E-state index in [0.29, 0.717) is 28.3 Å². The van der Waals surface area contributed by atoms with E-state index in [1.807, 2.05) is 0 Å². The normalized spacial score (nSPS) is 10.6. The Kier molecular flexibility index (Phi) is 7.21. The molecule has 0 spiro atoms. The number of amides is 1. The second-order valence-electron chi connectivity index (χ2n) is 6.08. The zero-order chi connectivity index (χ0) is 20.6. The topological polar surface area (TPSA) is 94.3 Å². The van der Waals surface area contributed by atoms with Crippen molar-refractivity contribution in [3.8, 4) is 11.4 Å². The van der Waals surface area contributed by atoms with Crippen molar-refractivity contribution in [2.75, 3.05) is 6.61 Å². The number of aromatic nitrogens is 2. The molecular weight excluding hydrogens is 417 g/mol. The molecule has 1 heterocycles. The van der Waals surface area contributed by atoms with Crippen molar-refractivity contribution in [1.29, 1.82) is 0 Å². The lowest BCUT2D eigenvalue weighted by Crippen LogP contribution is -2.28. The van der Waals surface area contributed by atoms with Gasteiger partial charge < -0.3 is 14.6 Å². The molecule has 1 aromatic heterocycles. The number of nitrogens with one attached hydrogen (secondary N) is 1. The van der Waals surface area contributed by atoms with Crippen molar-refractivity contribution in [2.45, 2.75) is 19.4 Å². The fraction of sp³-hybridized carbons (Fsp3) is 0.200. The van der Waals surface area contributed by atoms with Crippen LogP contribution in [0.2, 0.25) is 10.0 Å². The first kappa shape index (κ1) is 20.8. The van der Waals surface area contributed by atoms with Gasteiger partial charge in [0.2, 0.25) is 11.7 Å². The van der Waals surface area contributed by atoms with Gasteiger partial charge in [-0.3, -0.25) is 9.59 Å². The average Bonchev–Trinajstić information content (AvgIpc) is 3.20. The molecule has 0 aliphatic carbocycles. The molecule has 0 radical (unpaired) electrons. The Morgan fingerprint density at radius 1 is 1.00 bits per heavy atom. The summed E-state index contributed by atoms with van der Waals surface area (Å²) in [6, 6.07) is 14.1. The molecule has 0 saturated carbocycles. The van der Waals surface area contributed by atoms with Crippen LogP contribution in [0, 0.1) is 0 Å². The van der Waals surface area contributed by atoms with Crippen molar-refractivity contribution in [2.24, 2.45) is 0 Å². The van der Waals surface area contributed by atoms with Crippen LogP contribution in [0.3, 0.4) is 0 Å². The first-order chi connectivity index (χ1) is 14.0. The van der Waals surface area contributed by atoms with Crippen LogP contribution in [0.4, 0.5) is 0 Å². The van der Waals surface area contributed by atoms with Crippen LogP contribution in [0.25, 0.3) is 11.4 Å². The molecule has 0 fully saturated rings. The molecule has 3 rings (SSSR count). The van der Waals surface area contributed by atoms with Crippen LogP contribution >= 0.6 is 23.2 Å². The van der Waals surface area contributed by atoms with Gasteiger partial charge in [-0.1, -0.05) is 40.5 Å². The Labute approximate surface area is 177 Å². The lowest BCUT2D eigenvalue weighted by molar-refractivity contribution is -0.148. The Morgan fingerprint density at radius 3 is 2.34 bits per heavy atom. The molecule has 1 amide bonds. The minimum absolute atomic E-state index is 0.0206. The minimum atomic E-state index is -0.530. The number of halogens is 2. The maximum Gasteiger partial charge on any atom is 0.306 e. The molecule has 2 aromatic carbocycles. The smallest absolute Gasteiger partial charge is 0.306 e. The summed E-state index contributed by atoms with van der Waals surface area (Å²) in [5.41, 5.74) is 1.64. The maximum atomic E-state index is 11.8. The van der Waals surface area contributed by atoms with E-state index in [1.54, 1.807) is 48.5 Å². The van der Waals surface area contributed by atoms with E-state index in [9.17, 15) is 9.59 Å². The minimum Gasteiger partial charge on any atom is -0.456 e. The molecule has 0 aliphatic heterocycles. The van der Waals surface area contributed by atoms with E-state index >= 15 is 0 Å². The number of carbonyl (C=O) groups is 2. The van der Waals surface area contributed by atoms with Crippen molar-refractivity contribution >= 4 is 35.1 Å². The number of carbonyl (C=O) groups excluding carboxylic acids is 2. The van der Waals surface area contributed by atoms with E-state index in [4.69, 9.17) is 32.5 Å². The molecule has 29 heavy (non-hydrogen) atoms. The number of esters is 1. The summed E-state index contributed by atoms with van der Waals surface area (Å²) in [5, 5.41) is 7.77. The standard InChI is InChI=1S/C20H17Cl2N3O4/c21-15-5-1-13(2-6-15)11-23-17(26)12-28-19(27)10-9-18-24-20(25-29-18)14-3-7-16(22)8-4-14/h1-8H,9-12H2,(H,23,26). The quantitative estimate of drug-likeness (QED) is 0.542. The summed E-state index contributed by atoms with van der Waals surface area (Å²) in [5.74, 6) is -0.209. The Hall–Kier alpha value is -2.90. The lowest BCUT2D eigenvalue weighted by Gasteiger charge is -2.06. The third-order valence-corrected chi connectivity index (χ3v) is 4.38. The first-order valence-electron chi connectivity index (χ1n) is 8.75. The molecule has 0 unspecified atom stereocenters.